The first-order valence-electron chi connectivity index (χ1n) is 7.62. The molecule has 2 aromatic heterocycles. The van der Waals surface area contributed by atoms with Crippen molar-refractivity contribution in [2.75, 3.05) is 5.32 Å². The van der Waals surface area contributed by atoms with Gasteiger partial charge in [0.1, 0.15) is 22.8 Å². The quantitative estimate of drug-likeness (QED) is 0.737. The van der Waals surface area contributed by atoms with Crippen LogP contribution in [-0.4, -0.2) is 27.7 Å². The van der Waals surface area contributed by atoms with Gasteiger partial charge in [0.2, 0.25) is 0 Å². The molecule has 4 rings (SSSR count). The summed E-state index contributed by atoms with van der Waals surface area (Å²) in [5, 5.41) is 2.81. The van der Waals surface area contributed by atoms with Gasteiger partial charge in [0, 0.05) is 11.8 Å². The Morgan fingerprint density at radius 2 is 2.12 bits per heavy atom. The molecule has 3 aromatic rings. The highest BCUT2D eigenvalue weighted by Gasteiger charge is 2.24. The Morgan fingerprint density at radius 3 is 2.92 bits per heavy atom. The lowest BCUT2D eigenvalue weighted by Crippen LogP contribution is -2.34. The first-order valence-corrected chi connectivity index (χ1v) is 7.62. The number of imidazole rings is 1. The molecule has 1 aliphatic rings. The summed E-state index contributed by atoms with van der Waals surface area (Å²) in [5.41, 5.74) is 4.15. The minimum Gasteiger partial charge on any atom is -0.479 e. The fourth-order valence-electron chi connectivity index (χ4n) is 2.85. The number of hydrogen-bond acceptors (Lipinski definition) is 4. The molecule has 24 heavy (non-hydrogen) atoms. The Bertz CT molecular complexity index is 991. The minimum absolute atomic E-state index is 0.194. The molecule has 0 fully saturated rings. The fourth-order valence-corrected chi connectivity index (χ4v) is 2.85. The van der Waals surface area contributed by atoms with Crippen LogP contribution in [0.25, 0.3) is 16.9 Å². The van der Waals surface area contributed by atoms with Crippen LogP contribution in [0.3, 0.4) is 0 Å². The Balaban J connectivity index is 1.88. The smallest absolute Gasteiger partial charge is 0.265 e. The third-order valence-corrected chi connectivity index (χ3v) is 4.11. The fraction of sp³-hybridized carbons (Fsp3) is 0.167. The molecule has 6 heteroatoms. The highest BCUT2D eigenvalue weighted by molar-refractivity contribution is 5.98. The summed E-state index contributed by atoms with van der Waals surface area (Å²) in [6.45, 7) is 3.67. The zero-order valence-corrected chi connectivity index (χ0v) is 13.2. The van der Waals surface area contributed by atoms with Gasteiger partial charge in [-0.1, -0.05) is 0 Å². The van der Waals surface area contributed by atoms with E-state index in [4.69, 9.17) is 4.74 Å². The van der Waals surface area contributed by atoms with E-state index in [1.165, 1.54) is 0 Å². The third-order valence-electron chi connectivity index (χ3n) is 4.11. The molecular formula is C18H15N3O3. The molecule has 1 amide bonds. The van der Waals surface area contributed by atoms with Crippen LogP contribution in [0, 0.1) is 6.92 Å². The molecule has 1 N–H and O–H groups in total. The van der Waals surface area contributed by atoms with Crippen molar-refractivity contribution >= 4 is 23.5 Å². The number of aldehydes is 1. The molecule has 0 saturated heterocycles. The van der Waals surface area contributed by atoms with Crippen molar-refractivity contribution in [2.24, 2.45) is 0 Å². The Morgan fingerprint density at radius 1 is 1.29 bits per heavy atom. The summed E-state index contributed by atoms with van der Waals surface area (Å²) >= 11 is 0. The third kappa shape index (κ3) is 2.15. The molecule has 1 unspecified atom stereocenters. The molecule has 6 nitrogen and oxygen atoms in total. The van der Waals surface area contributed by atoms with Crippen LogP contribution in [0.4, 0.5) is 5.69 Å². The van der Waals surface area contributed by atoms with E-state index in [0.29, 0.717) is 28.5 Å². The number of ether oxygens (including phenoxy) is 1. The monoisotopic (exact) mass is 321 g/mol. The predicted octanol–water partition coefficient (Wildman–Crippen LogP) is 2.84. The van der Waals surface area contributed by atoms with Crippen molar-refractivity contribution in [3.63, 3.8) is 0 Å². The van der Waals surface area contributed by atoms with Crippen molar-refractivity contribution in [1.82, 2.24) is 9.38 Å². The van der Waals surface area contributed by atoms with Gasteiger partial charge in [-0.05, 0) is 49.7 Å². The number of nitrogens with one attached hydrogen (secondary N) is 1. The van der Waals surface area contributed by atoms with E-state index in [1.54, 1.807) is 23.5 Å². The van der Waals surface area contributed by atoms with Gasteiger partial charge in [-0.15, -0.1) is 0 Å². The van der Waals surface area contributed by atoms with Gasteiger partial charge < -0.3 is 10.1 Å². The predicted molar refractivity (Wildman–Crippen MR) is 89.5 cm³/mol. The van der Waals surface area contributed by atoms with Crippen molar-refractivity contribution in [3.8, 4) is 17.0 Å². The molecule has 0 bridgehead atoms. The number of hydrogen-bond donors (Lipinski definition) is 1. The van der Waals surface area contributed by atoms with Crippen LogP contribution in [0.2, 0.25) is 0 Å². The van der Waals surface area contributed by atoms with Crippen molar-refractivity contribution < 1.29 is 14.3 Å². The van der Waals surface area contributed by atoms with Crippen LogP contribution in [0.15, 0.2) is 36.5 Å². The second-order valence-electron chi connectivity index (χ2n) is 5.86. The number of carbonyl (C=O) groups excluding carboxylic acids is 2. The lowest BCUT2D eigenvalue weighted by Gasteiger charge is -2.23. The molecular weight excluding hydrogens is 306 g/mol. The van der Waals surface area contributed by atoms with E-state index in [1.807, 2.05) is 31.3 Å². The number of anilines is 1. The molecule has 0 aliphatic carbocycles. The number of rotatable bonds is 2. The zero-order valence-electron chi connectivity index (χ0n) is 13.2. The Kier molecular flexibility index (Phi) is 3.13. The highest BCUT2D eigenvalue weighted by atomic mass is 16.5. The van der Waals surface area contributed by atoms with E-state index in [-0.39, 0.29) is 5.91 Å². The molecule has 120 valence electrons. The van der Waals surface area contributed by atoms with Crippen LogP contribution in [0.1, 0.15) is 23.0 Å². The number of aromatic nitrogens is 2. The highest BCUT2D eigenvalue weighted by Crippen LogP contribution is 2.34. The molecule has 0 saturated carbocycles. The number of nitrogens with zero attached hydrogens (tertiary/aromatic N) is 2. The summed E-state index contributed by atoms with van der Waals surface area (Å²) in [6, 6.07) is 9.24. The normalized spacial score (nSPS) is 16.4. The summed E-state index contributed by atoms with van der Waals surface area (Å²) in [4.78, 5) is 28.0. The number of amides is 1. The number of aryl methyl sites for hydroxylation is 1. The van der Waals surface area contributed by atoms with Crippen LogP contribution in [-0.2, 0) is 4.79 Å². The van der Waals surface area contributed by atoms with Gasteiger partial charge in [-0.2, -0.15) is 0 Å². The zero-order chi connectivity index (χ0) is 16.8. The summed E-state index contributed by atoms with van der Waals surface area (Å²) in [7, 11) is 0. The first-order chi connectivity index (χ1) is 11.6. The van der Waals surface area contributed by atoms with Gasteiger partial charge in [0.25, 0.3) is 5.91 Å². The van der Waals surface area contributed by atoms with E-state index < -0.39 is 6.10 Å². The van der Waals surface area contributed by atoms with Gasteiger partial charge in [0.05, 0.1) is 5.69 Å². The summed E-state index contributed by atoms with van der Waals surface area (Å²) in [6.07, 6.45) is 2.10. The van der Waals surface area contributed by atoms with Crippen LogP contribution >= 0.6 is 0 Å². The second-order valence-corrected chi connectivity index (χ2v) is 5.86. The minimum atomic E-state index is -0.521. The average Bonchev–Trinajstić information content (AvgIpc) is 2.93. The lowest BCUT2D eigenvalue weighted by molar-refractivity contribution is -0.122. The molecule has 0 radical (unpaired) electrons. The molecule has 1 atom stereocenters. The van der Waals surface area contributed by atoms with Gasteiger partial charge in [-0.25, -0.2) is 4.98 Å². The summed E-state index contributed by atoms with van der Waals surface area (Å²) < 4.78 is 7.31. The second kappa shape index (κ2) is 5.19. The maximum Gasteiger partial charge on any atom is 0.265 e. The van der Waals surface area contributed by atoms with E-state index in [9.17, 15) is 9.59 Å². The van der Waals surface area contributed by atoms with Crippen LogP contribution in [0.5, 0.6) is 5.75 Å². The Hall–Kier alpha value is -3.15. The topological polar surface area (TPSA) is 72.7 Å². The Labute approximate surface area is 138 Å². The average molecular weight is 321 g/mol. The number of fused-ring (bicyclic) bond motifs is 2. The largest absolute Gasteiger partial charge is 0.479 e. The van der Waals surface area contributed by atoms with E-state index in [0.717, 1.165) is 17.4 Å². The van der Waals surface area contributed by atoms with E-state index in [2.05, 4.69) is 10.3 Å². The van der Waals surface area contributed by atoms with Crippen LogP contribution < -0.4 is 10.1 Å². The molecule has 0 spiro atoms. The maximum atomic E-state index is 11.8. The molecule has 1 aromatic carbocycles. The van der Waals surface area contributed by atoms with Gasteiger partial charge >= 0.3 is 0 Å². The van der Waals surface area contributed by atoms with Crippen molar-refractivity contribution in [2.45, 2.75) is 20.0 Å². The van der Waals surface area contributed by atoms with Gasteiger partial charge in [-0.3, -0.25) is 14.0 Å². The number of carbonyl (C=O) groups is 2. The standard InChI is InChI=1S/C18H15N3O3/c1-10-5-6-21-14(9-22)17(20-16(21)7-10)12-3-4-15-13(8-12)19-18(23)11(2)24-15/h3-9,11H,1-2H3,(H,19,23). The van der Waals surface area contributed by atoms with E-state index >= 15 is 0 Å². The van der Waals surface area contributed by atoms with Gasteiger partial charge in [0.15, 0.2) is 12.4 Å². The van der Waals surface area contributed by atoms with Crippen molar-refractivity contribution in [3.05, 3.63) is 47.8 Å². The van der Waals surface area contributed by atoms with Crippen molar-refractivity contribution in [1.29, 1.82) is 0 Å². The summed E-state index contributed by atoms with van der Waals surface area (Å²) in [5.74, 6) is 0.416. The SMILES string of the molecule is Cc1ccn2c(C=O)c(-c3ccc4c(c3)NC(=O)C(C)O4)nc2c1. The number of pyridine rings is 1. The molecule has 3 heterocycles. The maximum absolute atomic E-state index is 11.8. The lowest BCUT2D eigenvalue weighted by atomic mass is 10.1. The molecule has 1 aliphatic heterocycles. The number of benzene rings is 1. The first kappa shape index (κ1) is 14.4.